The molecule has 2 unspecified atom stereocenters. The summed E-state index contributed by atoms with van der Waals surface area (Å²) in [6, 6.07) is 10.4. The summed E-state index contributed by atoms with van der Waals surface area (Å²) in [7, 11) is 1.59. The Bertz CT molecular complexity index is 469. The van der Waals surface area contributed by atoms with Crippen LogP contribution in [-0.2, 0) is 20.7 Å². The fourth-order valence-corrected chi connectivity index (χ4v) is 2.85. The lowest BCUT2D eigenvalue weighted by Gasteiger charge is -2.19. The average molecular weight is 357 g/mol. The second kappa shape index (κ2) is 11.4. The summed E-state index contributed by atoms with van der Waals surface area (Å²) in [4.78, 5) is 14.0. The molecule has 0 saturated carbocycles. The van der Waals surface area contributed by atoms with Crippen LogP contribution in [-0.4, -0.2) is 56.4 Å². The number of rotatable bonds is 9. The molecular formula is C18H29ClN2O3. The molecule has 1 fully saturated rings. The molecule has 2 N–H and O–H groups in total. The van der Waals surface area contributed by atoms with Gasteiger partial charge in [-0.25, -0.2) is 0 Å². The molecule has 1 amide bonds. The normalized spacial score (nSPS) is 18.2. The number of ether oxygens (including phenoxy) is 2. The number of hydrogen-bond donors (Lipinski definition) is 1. The quantitative estimate of drug-likeness (QED) is 0.687. The highest BCUT2D eigenvalue weighted by Crippen LogP contribution is 2.15. The van der Waals surface area contributed by atoms with Crippen molar-refractivity contribution in [3.8, 4) is 0 Å². The minimum atomic E-state index is -0.187. The zero-order valence-electron chi connectivity index (χ0n) is 14.4. The molecule has 0 aliphatic carbocycles. The number of methoxy groups -OCH3 is 1. The molecule has 2 rings (SSSR count). The molecule has 24 heavy (non-hydrogen) atoms. The maximum absolute atomic E-state index is 12.2. The fourth-order valence-electron chi connectivity index (χ4n) is 2.85. The number of nitrogens with zero attached hydrogens (tertiary/aromatic N) is 1. The molecule has 0 radical (unpaired) electrons. The molecule has 136 valence electrons. The van der Waals surface area contributed by atoms with E-state index in [1.807, 2.05) is 11.0 Å². The van der Waals surface area contributed by atoms with Crippen molar-refractivity contribution < 1.29 is 14.3 Å². The minimum absolute atomic E-state index is 0. The van der Waals surface area contributed by atoms with Crippen LogP contribution >= 0.6 is 12.4 Å². The smallest absolute Gasteiger partial charge is 0.225 e. The predicted molar refractivity (Wildman–Crippen MR) is 97.4 cm³/mol. The highest BCUT2D eigenvalue weighted by molar-refractivity contribution is 5.85. The average Bonchev–Trinajstić information content (AvgIpc) is 3.06. The van der Waals surface area contributed by atoms with Crippen LogP contribution in [0.2, 0.25) is 0 Å². The zero-order chi connectivity index (χ0) is 16.5. The van der Waals surface area contributed by atoms with E-state index in [0.717, 1.165) is 32.4 Å². The SMILES string of the molecule is COC(CN)CC(=O)N1CCC(OCCCc2ccccc2)C1.Cl. The summed E-state index contributed by atoms with van der Waals surface area (Å²) in [5.41, 5.74) is 6.91. The lowest BCUT2D eigenvalue weighted by molar-refractivity contribution is -0.133. The second-order valence-corrected chi connectivity index (χ2v) is 6.01. The third-order valence-corrected chi connectivity index (χ3v) is 4.30. The molecule has 1 heterocycles. The molecule has 2 atom stereocenters. The highest BCUT2D eigenvalue weighted by atomic mass is 35.5. The molecular weight excluding hydrogens is 328 g/mol. The summed E-state index contributed by atoms with van der Waals surface area (Å²) in [5, 5.41) is 0. The van der Waals surface area contributed by atoms with Crippen LogP contribution in [0, 0.1) is 0 Å². The van der Waals surface area contributed by atoms with Crippen molar-refractivity contribution in [1.29, 1.82) is 0 Å². The van der Waals surface area contributed by atoms with Crippen LogP contribution in [0.25, 0.3) is 0 Å². The third-order valence-electron chi connectivity index (χ3n) is 4.30. The first-order valence-corrected chi connectivity index (χ1v) is 8.39. The van der Waals surface area contributed by atoms with E-state index in [9.17, 15) is 4.79 Å². The number of carbonyl (C=O) groups excluding carboxylic acids is 1. The van der Waals surface area contributed by atoms with Gasteiger partial charge >= 0.3 is 0 Å². The molecule has 6 heteroatoms. The Morgan fingerprint density at radius 3 is 2.79 bits per heavy atom. The minimum Gasteiger partial charge on any atom is -0.380 e. The summed E-state index contributed by atoms with van der Waals surface area (Å²) < 4.78 is 11.1. The number of likely N-dealkylation sites (tertiary alicyclic amines) is 1. The van der Waals surface area contributed by atoms with Gasteiger partial charge in [0.25, 0.3) is 0 Å². The van der Waals surface area contributed by atoms with Crippen molar-refractivity contribution in [2.24, 2.45) is 5.73 Å². The van der Waals surface area contributed by atoms with Crippen LogP contribution in [0.15, 0.2) is 30.3 Å². The third kappa shape index (κ3) is 6.77. The Morgan fingerprint density at radius 2 is 2.12 bits per heavy atom. The first-order chi connectivity index (χ1) is 11.2. The monoisotopic (exact) mass is 356 g/mol. The van der Waals surface area contributed by atoms with Gasteiger partial charge in [-0.05, 0) is 24.8 Å². The van der Waals surface area contributed by atoms with Gasteiger partial charge in [0.15, 0.2) is 0 Å². The molecule has 1 aliphatic heterocycles. The highest BCUT2D eigenvalue weighted by Gasteiger charge is 2.27. The summed E-state index contributed by atoms with van der Waals surface area (Å²) in [6.45, 7) is 2.56. The number of carbonyl (C=O) groups is 1. The fraction of sp³-hybridized carbons (Fsp3) is 0.611. The van der Waals surface area contributed by atoms with Crippen molar-refractivity contribution in [2.75, 3.05) is 33.4 Å². The molecule has 0 bridgehead atoms. The van der Waals surface area contributed by atoms with Crippen molar-refractivity contribution in [3.05, 3.63) is 35.9 Å². The van der Waals surface area contributed by atoms with Gasteiger partial charge in [-0.1, -0.05) is 30.3 Å². The van der Waals surface area contributed by atoms with E-state index in [-0.39, 0.29) is 30.5 Å². The number of nitrogens with two attached hydrogens (primary N) is 1. The summed E-state index contributed by atoms with van der Waals surface area (Å²) >= 11 is 0. The first kappa shape index (κ1) is 20.9. The Balaban J connectivity index is 0.00000288. The number of hydrogen-bond acceptors (Lipinski definition) is 4. The van der Waals surface area contributed by atoms with E-state index in [1.165, 1.54) is 5.56 Å². The maximum atomic E-state index is 12.2. The van der Waals surface area contributed by atoms with Crippen LogP contribution < -0.4 is 5.73 Å². The topological polar surface area (TPSA) is 64.8 Å². The molecule has 0 aromatic heterocycles. The van der Waals surface area contributed by atoms with E-state index in [0.29, 0.717) is 19.5 Å². The Labute approximate surface area is 150 Å². The van der Waals surface area contributed by atoms with E-state index in [2.05, 4.69) is 24.3 Å². The molecule has 1 aliphatic rings. The van der Waals surface area contributed by atoms with Gasteiger partial charge in [0.2, 0.25) is 5.91 Å². The Morgan fingerprint density at radius 1 is 1.38 bits per heavy atom. The van der Waals surface area contributed by atoms with Crippen LogP contribution in [0.5, 0.6) is 0 Å². The molecule has 5 nitrogen and oxygen atoms in total. The number of amides is 1. The van der Waals surface area contributed by atoms with Crippen molar-refractivity contribution in [3.63, 3.8) is 0 Å². The van der Waals surface area contributed by atoms with E-state index >= 15 is 0 Å². The molecule has 1 aromatic carbocycles. The lowest BCUT2D eigenvalue weighted by atomic mass is 10.1. The molecule has 1 aromatic rings. The van der Waals surface area contributed by atoms with Gasteiger partial charge in [0.1, 0.15) is 0 Å². The van der Waals surface area contributed by atoms with Gasteiger partial charge in [-0.3, -0.25) is 4.79 Å². The molecule has 0 spiro atoms. The van der Waals surface area contributed by atoms with Gasteiger partial charge in [-0.15, -0.1) is 12.4 Å². The van der Waals surface area contributed by atoms with Crippen molar-refractivity contribution in [2.45, 2.75) is 37.9 Å². The van der Waals surface area contributed by atoms with Gasteiger partial charge in [-0.2, -0.15) is 0 Å². The standard InChI is InChI=1S/C18H28N2O3.ClH/c1-22-17(13-19)12-18(21)20-10-9-16(14-20)23-11-5-8-15-6-3-2-4-7-15;/h2-4,6-7,16-17H,5,8-14,19H2,1H3;1H. The van der Waals surface area contributed by atoms with E-state index in [4.69, 9.17) is 15.2 Å². The second-order valence-electron chi connectivity index (χ2n) is 6.01. The van der Waals surface area contributed by atoms with Crippen LogP contribution in [0.4, 0.5) is 0 Å². The lowest BCUT2D eigenvalue weighted by Crippen LogP contribution is -2.35. The molecule has 1 saturated heterocycles. The van der Waals surface area contributed by atoms with Gasteiger partial charge in [0, 0.05) is 33.4 Å². The zero-order valence-corrected chi connectivity index (χ0v) is 15.2. The largest absolute Gasteiger partial charge is 0.380 e. The maximum Gasteiger partial charge on any atom is 0.225 e. The predicted octanol–water partition coefficient (Wildman–Crippen LogP) is 2.02. The first-order valence-electron chi connectivity index (χ1n) is 8.39. The van der Waals surface area contributed by atoms with Crippen molar-refractivity contribution in [1.82, 2.24) is 4.90 Å². The van der Waals surface area contributed by atoms with Crippen molar-refractivity contribution >= 4 is 18.3 Å². The van der Waals surface area contributed by atoms with E-state index in [1.54, 1.807) is 7.11 Å². The number of aryl methyl sites for hydroxylation is 1. The van der Waals surface area contributed by atoms with Gasteiger partial charge in [0.05, 0.1) is 18.6 Å². The Hall–Kier alpha value is -1.14. The Kier molecular flexibility index (Phi) is 9.95. The number of halogens is 1. The van der Waals surface area contributed by atoms with Gasteiger partial charge < -0.3 is 20.1 Å². The van der Waals surface area contributed by atoms with Crippen LogP contribution in [0.3, 0.4) is 0 Å². The summed E-state index contributed by atoms with van der Waals surface area (Å²) in [5.74, 6) is 0.109. The number of benzene rings is 1. The summed E-state index contributed by atoms with van der Waals surface area (Å²) in [6.07, 6.45) is 3.28. The van der Waals surface area contributed by atoms with Crippen LogP contribution in [0.1, 0.15) is 24.8 Å². The van der Waals surface area contributed by atoms with E-state index < -0.39 is 0 Å².